The molecule has 2 aromatic heterocycles. The smallest absolute Gasteiger partial charge is 0.338 e. The summed E-state index contributed by atoms with van der Waals surface area (Å²) in [5, 5.41) is 1.35. The molecular formula is C26H22N4O5. The van der Waals surface area contributed by atoms with Gasteiger partial charge in [0, 0.05) is 22.7 Å². The van der Waals surface area contributed by atoms with Gasteiger partial charge in [-0.05, 0) is 43.7 Å². The fraction of sp³-hybridized carbons (Fsp3) is 0.192. The van der Waals surface area contributed by atoms with Crippen LogP contribution in [0.25, 0.3) is 17.0 Å². The Morgan fingerprint density at radius 2 is 2.06 bits per heavy atom. The lowest BCUT2D eigenvalue weighted by Crippen LogP contribution is -2.40. The lowest BCUT2D eigenvalue weighted by Gasteiger charge is -2.24. The number of fused-ring (bicyclic) bond motifs is 3. The number of carbonyl (C=O) groups excluding carboxylic acids is 1. The van der Waals surface area contributed by atoms with Gasteiger partial charge < -0.3 is 24.2 Å². The summed E-state index contributed by atoms with van der Waals surface area (Å²) in [4.78, 5) is 37.7. The highest BCUT2D eigenvalue weighted by Gasteiger charge is 2.34. The Morgan fingerprint density at radius 1 is 1.23 bits per heavy atom. The molecule has 0 aliphatic carbocycles. The number of nitrogens with zero attached hydrogens (tertiary/aromatic N) is 2. The van der Waals surface area contributed by atoms with Crippen molar-refractivity contribution in [1.82, 2.24) is 14.5 Å². The number of benzene rings is 2. The molecule has 0 radical (unpaired) electrons. The van der Waals surface area contributed by atoms with E-state index in [0.29, 0.717) is 39.3 Å². The van der Waals surface area contributed by atoms with Crippen molar-refractivity contribution in [2.75, 3.05) is 13.4 Å². The molecule has 1 atom stereocenters. The highest BCUT2D eigenvalue weighted by atomic mass is 16.7. The van der Waals surface area contributed by atoms with E-state index in [0.717, 1.165) is 16.5 Å². The van der Waals surface area contributed by atoms with Crippen molar-refractivity contribution in [3.8, 4) is 11.5 Å². The fourth-order valence-corrected chi connectivity index (χ4v) is 4.66. The van der Waals surface area contributed by atoms with Gasteiger partial charge in [0.25, 0.3) is 5.56 Å². The number of aromatic nitrogens is 3. The van der Waals surface area contributed by atoms with E-state index in [4.69, 9.17) is 14.2 Å². The molecule has 2 aromatic carbocycles. The van der Waals surface area contributed by atoms with Gasteiger partial charge >= 0.3 is 5.97 Å². The van der Waals surface area contributed by atoms with E-state index in [1.807, 2.05) is 36.5 Å². The Hall–Kier alpha value is -4.53. The summed E-state index contributed by atoms with van der Waals surface area (Å²) in [6.45, 7) is 3.81. The van der Waals surface area contributed by atoms with Crippen LogP contribution in [0.2, 0.25) is 0 Å². The van der Waals surface area contributed by atoms with E-state index in [1.54, 1.807) is 32.1 Å². The molecule has 0 amide bonds. The molecule has 9 nitrogen and oxygen atoms in total. The van der Waals surface area contributed by atoms with E-state index in [-0.39, 0.29) is 19.0 Å². The standard InChI is InChI=1S/C26H22N4O5/c1-3-33-25(32)22-14(2)28-26-29-19(10-16-12-27-18-7-5-4-6-17(16)18)24(31)30(26)23(22)15-8-9-20-21(11-15)35-13-34-20/h4-12,23,27H,3,13H2,1-2H3,(H,28,29). The number of para-hydroxylation sites is 1. The number of nitrogens with one attached hydrogen (secondary N) is 2. The SMILES string of the molecule is CCOC(=O)C1=C(C)N=c2[nH]c(=Cc3c[nH]c4ccccc34)c(=O)n2C1c1ccc2c(c1)OCO2. The quantitative estimate of drug-likeness (QED) is 0.445. The predicted molar refractivity (Wildman–Crippen MR) is 128 cm³/mol. The Balaban J connectivity index is 1.57. The van der Waals surface area contributed by atoms with Crippen LogP contribution >= 0.6 is 0 Å². The molecule has 35 heavy (non-hydrogen) atoms. The Kier molecular flexibility index (Phi) is 4.84. The summed E-state index contributed by atoms with van der Waals surface area (Å²) < 4.78 is 17.8. The van der Waals surface area contributed by atoms with Crippen LogP contribution in [-0.4, -0.2) is 33.9 Å². The van der Waals surface area contributed by atoms with E-state index >= 15 is 0 Å². The molecule has 2 aliphatic rings. The molecule has 4 heterocycles. The third-order valence-electron chi connectivity index (χ3n) is 6.25. The van der Waals surface area contributed by atoms with Crippen molar-refractivity contribution in [1.29, 1.82) is 0 Å². The number of imidazole rings is 1. The molecule has 176 valence electrons. The monoisotopic (exact) mass is 470 g/mol. The van der Waals surface area contributed by atoms with E-state index < -0.39 is 12.0 Å². The van der Waals surface area contributed by atoms with E-state index in [1.165, 1.54) is 4.57 Å². The molecule has 0 fully saturated rings. The zero-order valence-electron chi connectivity index (χ0n) is 19.1. The number of ether oxygens (including phenoxy) is 3. The largest absolute Gasteiger partial charge is 0.463 e. The van der Waals surface area contributed by atoms with Crippen LogP contribution in [-0.2, 0) is 9.53 Å². The third kappa shape index (κ3) is 3.35. The second-order valence-electron chi connectivity index (χ2n) is 8.32. The first-order chi connectivity index (χ1) is 17.0. The van der Waals surface area contributed by atoms with Gasteiger partial charge in [0.1, 0.15) is 5.35 Å². The average molecular weight is 470 g/mol. The minimum absolute atomic E-state index is 0.122. The molecule has 1 unspecified atom stereocenters. The number of aromatic amines is 2. The number of H-pyrrole nitrogens is 2. The predicted octanol–water partition coefficient (Wildman–Crippen LogP) is 2.27. The van der Waals surface area contributed by atoms with Crippen molar-refractivity contribution in [2.24, 2.45) is 4.99 Å². The zero-order chi connectivity index (χ0) is 24.1. The topological polar surface area (TPSA) is 111 Å². The summed E-state index contributed by atoms with van der Waals surface area (Å²) in [6, 6.07) is 12.5. The molecule has 2 N–H and O–H groups in total. The Labute approximate surface area is 199 Å². The minimum Gasteiger partial charge on any atom is -0.463 e. The van der Waals surface area contributed by atoms with Crippen LogP contribution < -0.4 is 26.0 Å². The molecule has 0 saturated heterocycles. The van der Waals surface area contributed by atoms with Crippen LogP contribution in [0, 0.1) is 0 Å². The van der Waals surface area contributed by atoms with Crippen LogP contribution in [0.5, 0.6) is 11.5 Å². The van der Waals surface area contributed by atoms with Crippen molar-refractivity contribution in [3.05, 3.63) is 92.4 Å². The van der Waals surface area contributed by atoms with Gasteiger partial charge in [-0.1, -0.05) is 24.3 Å². The number of allylic oxidation sites excluding steroid dienone is 1. The maximum absolute atomic E-state index is 13.7. The molecule has 6 rings (SSSR count). The summed E-state index contributed by atoms with van der Waals surface area (Å²) in [5.74, 6) is 0.654. The molecule has 0 spiro atoms. The van der Waals surface area contributed by atoms with Crippen molar-refractivity contribution in [2.45, 2.75) is 19.9 Å². The molecule has 0 bridgehead atoms. The summed E-state index contributed by atoms with van der Waals surface area (Å²) in [5.41, 5.74) is 3.36. The molecule has 2 aliphatic heterocycles. The minimum atomic E-state index is -0.745. The number of hydrogen-bond donors (Lipinski definition) is 2. The molecule has 4 aromatic rings. The number of carbonyl (C=O) groups is 1. The highest BCUT2D eigenvalue weighted by Crippen LogP contribution is 2.38. The van der Waals surface area contributed by atoms with Crippen LogP contribution in [0.15, 0.2) is 69.7 Å². The van der Waals surface area contributed by atoms with E-state index in [9.17, 15) is 9.59 Å². The number of esters is 1. The molecule has 0 saturated carbocycles. The Morgan fingerprint density at radius 3 is 2.91 bits per heavy atom. The van der Waals surface area contributed by atoms with Gasteiger partial charge in [-0.25, -0.2) is 9.79 Å². The number of hydrogen-bond acceptors (Lipinski definition) is 6. The van der Waals surface area contributed by atoms with Crippen molar-refractivity contribution >= 4 is 22.9 Å². The maximum atomic E-state index is 13.7. The highest BCUT2D eigenvalue weighted by molar-refractivity contribution is 5.91. The van der Waals surface area contributed by atoms with Crippen LogP contribution in [0.4, 0.5) is 0 Å². The van der Waals surface area contributed by atoms with Gasteiger partial charge in [-0.3, -0.25) is 9.36 Å². The second kappa shape index (κ2) is 8.05. The number of rotatable bonds is 4. The third-order valence-corrected chi connectivity index (χ3v) is 6.25. The molecule has 9 heteroatoms. The zero-order valence-corrected chi connectivity index (χ0v) is 19.1. The van der Waals surface area contributed by atoms with Gasteiger partial charge in [-0.2, -0.15) is 0 Å². The maximum Gasteiger partial charge on any atom is 0.338 e. The lowest BCUT2D eigenvalue weighted by molar-refractivity contribution is -0.139. The Bertz CT molecular complexity index is 1710. The molecular weight excluding hydrogens is 448 g/mol. The average Bonchev–Trinajstić information content (AvgIpc) is 3.56. The first-order valence-corrected chi connectivity index (χ1v) is 11.3. The summed E-state index contributed by atoms with van der Waals surface area (Å²) in [6.07, 6.45) is 3.65. The van der Waals surface area contributed by atoms with Gasteiger partial charge in [0.15, 0.2) is 11.5 Å². The van der Waals surface area contributed by atoms with Crippen molar-refractivity contribution < 1.29 is 19.0 Å². The second-order valence-corrected chi connectivity index (χ2v) is 8.32. The van der Waals surface area contributed by atoms with Crippen LogP contribution in [0.1, 0.15) is 31.0 Å². The van der Waals surface area contributed by atoms with Crippen LogP contribution in [0.3, 0.4) is 0 Å². The lowest BCUT2D eigenvalue weighted by atomic mass is 9.95. The van der Waals surface area contributed by atoms with Gasteiger partial charge in [0.05, 0.1) is 23.9 Å². The normalized spacial score (nSPS) is 17.0. The summed E-state index contributed by atoms with van der Waals surface area (Å²) >= 11 is 0. The first-order valence-electron chi connectivity index (χ1n) is 11.3. The first kappa shape index (κ1) is 21.0. The van der Waals surface area contributed by atoms with Gasteiger partial charge in [-0.15, -0.1) is 0 Å². The van der Waals surface area contributed by atoms with Gasteiger partial charge in [0.2, 0.25) is 12.4 Å². The van der Waals surface area contributed by atoms with Crippen molar-refractivity contribution in [3.63, 3.8) is 0 Å². The van der Waals surface area contributed by atoms with E-state index in [2.05, 4.69) is 15.0 Å². The summed E-state index contributed by atoms with van der Waals surface area (Å²) in [7, 11) is 0. The fourth-order valence-electron chi connectivity index (χ4n) is 4.66.